The highest BCUT2D eigenvalue weighted by atomic mass is 31.2. The van der Waals surface area contributed by atoms with E-state index in [1.807, 2.05) is 6.08 Å². The molecule has 13 nitrogen and oxygen atoms in total. The Balaban J connectivity index is 2.43. The summed E-state index contributed by atoms with van der Waals surface area (Å²) in [5.74, 6) is -1.43. The van der Waals surface area contributed by atoms with Gasteiger partial charge >= 0.3 is 19.8 Å². The van der Waals surface area contributed by atoms with Crippen molar-refractivity contribution in [3.8, 4) is 0 Å². The number of phosphoric ester groups is 1. The summed E-state index contributed by atoms with van der Waals surface area (Å²) in [5, 5.41) is 49.8. The zero-order chi connectivity index (χ0) is 45.7. The number of carbonyl (C=O) groups is 2. The lowest BCUT2D eigenvalue weighted by Crippen LogP contribution is -2.29. The maximum atomic E-state index is 12.7. The van der Waals surface area contributed by atoms with Crippen LogP contribution in [0.2, 0.25) is 0 Å². The van der Waals surface area contributed by atoms with Gasteiger partial charge in [-0.25, -0.2) is 4.57 Å². The molecule has 62 heavy (non-hydrogen) atoms. The molecule has 0 aromatic rings. The van der Waals surface area contributed by atoms with Crippen LogP contribution in [0.3, 0.4) is 0 Å². The average Bonchev–Trinajstić information content (AvgIpc) is 3.52. The standard InChI is InChI=1S/C48H83O13P/c1-3-5-7-8-9-10-11-12-13-14-15-16-17-18-19-20-21-22-28-32-48(55)61-42(39-60-62(56,57)59-37-41(51)36-49)38-58-47(54)31-27-24-23-26-30-43-44(46(53)35-45(43)52)34-33-40(50)29-25-6-4-2/h9-10,12-13,15-16,18-19,33-34,40-46,49-53H,3-8,11,14,17,20-32,35-39H2,1-2H3,(H,56,57)/b10-9-,13-12-,16-15-,19-18-,34-33+/t40-,41-,42+,43+,44+,45-,46+/m0/s1. The van der Waals surface area contributed by atoms with E-state index in [9.17, 15) is 39.5 Å². The quantitative estimate of drug-likeness (QED) is 0.0147. The van der Waals surface area contributed by atoms with Gasteiger partial charge in [0.1, 0.15) is 12.7 Å². The number of carbonyl (C=O) groups excluding carboxylic acids is 2. The van der Waals surface area contributed by atoms with Gasteiger partial charge in [0.15, 0.2) is 6.10 Å². The van der Waals surface area contributed by atoms with Crippen molar-refractivity contribution in [1.82, 2.24) is 0 Å². The van der Waals surface area contributed by atoms with Crippen LogP contribution >= 0.6 is 7.82 Å². The smallest absolute Gasteiger partial charge is 0.462 e. The van der Waals surface area contributed by atoms with Gasteiger partial charge in [-0.15, -0.1) is 0 Å². The van der Waals surface area contributed by atoms with Crippen LogP contribution in [0.1, 0.15) is 162 Å². The number of hydrogen-bond donors (Lipinski definition) is 6. The van der Waals surface area contributed by atoms with Crippen LogP contribution in [0.5, 0.6) is 0 Å². The number of esters is 2. The Morgan fingerprint density at radius 2 is 1.23 bits per heavy atom. The molecule has 1 rings (SSSR count). The summed E-state index contributed by atoms with van der Waals surface area (Å²) in [6.45, 7) is 1.97. The first kappa shape index (κ1) is 57.6. The lowest BCUT2D eigenvalue weighted by Gasteiger charge is -2.21. The minimum atomic E-state index is -4.69. The van der Waals surface area contributed by atoms with Crippen LogP contribution in [0.4, 0.5) is 0 Å². The van der Waals surface area contributed by atoms with E-state index in [-0.39, 0.29) is 24.7 Å². The average molecular weight is 899 g/mol. The summed E-state index contributed by atoms with van der Waals surface area (Å²) in [4.78, 5) is 35.3. The van der Waals surface area contributed by atoms with E-state index < -0.39 is 76.7 Å². The van der Waals surface area contributed by atoms with Gasteiger partial charge in [0.05, 0.1) is 38.1 Å². The highest BCUT2D eigenvalue weighted by Gasteiger charge is 2.39. The number of hydrogen-bond acceptors (Lipinski definition) is 12. The maximum absolute atomic E-state index is 12.7. The molecular weight excluding hydrogens is 815 g/mol. The Morgan fingerprint density at radius 1 is 0.677 bits per heavy atom. The number of rotatable bonds is 39. The summed E-state index contributed by atoms with van der Waals surface area (Å²) in [6.07, 6.45) is 35.3. The second kappa shape index (κ2) is 37.9. The van der Waals surface area contributed by atoms with Gasteiger partial charge in [0.2, 0.25) is 0 Å². The first-order valence-electron chi connectivity index (χ1n) is 23.5. The molecule has 0 spiro atoms. The third-order valence-corrected chi connectivity index (χ3v) is 11.7. The van der Waals surface area contributed by atoms with Crippen LogP contribution in [-0.2, 0) is 32.7 Å². The van der Waals surface area contributed by atoms with E-state index in [0.717, 1.165) is 83.5 Å². The van der Waals surface area contributed by atoms with Gasteiger partial charge in [-0.2, -0.15) is 0 Å². The molecule has 1 saturated carbocycles. The first-order chi connectivity index (χ1) is 29.9. The molecule has 0 bridgehead atoms. The van der Waals surface area contributed by atoms with E-state index in [4.69, 9.17) is 19.1 Å². The molecule has 358 valence electrons. The Morgan fingerprint density at radius 3 is 1.85 bits per heavy atom. The largest absolute Gasteiger partial charge is 0.472 e. The molecule has 0 radical (unpaired) electrons. The predicted octanol–water partition coefficient (Wildman–Crippen LogP) is 9.05. The molecule has 14 heteroatoms. The highest BCUT2D eigenvalue weighted by Crippen LogP contribution is 2.43. The van der Waals surface area contributed by atoms with Gasteiger partial charge in [-0.1, -0.05) is 132 Å². The SMILES string of the molecule is CCCCC/C=C\C/C=C\C/C=C\C/C=C\CCCCCC(=O)O[C@H](COC(=O)CCCCCC[C@@H]1[C@@H](/C=C/[C@@H](O)CCCCC)[C@H](O)C[C@@H]1O)COP(=O)(O)OC[C@@H](O)CO. The number of allylic oxidation sites excluding steroid dienone is 8. The minimum Gasteiger partial charge on any atom is -0.462 e. The first-order valence-corrected chi connectivity index (χ1v) is 25.0. The topological polar surface area (TPSA) is 210 Å². The van der Waals surface area contributed by atoms with E-state index in [2.05, 4.69) is 67.0 Å². The van der Waals surface area contributed by atoms with Gasteiger partial charge in [-0.05, 0) is 76.5 Å². The molecule has 0 amide bonds. The van der Waals surface area contributed by atoms with Crippen LogP contribution in [0.15, 0.2) is 60.8 Å². The molecule has 0 aromatic heterocycles. The van der Waals surface area contributed by atoms with Crippen molar-refractivity contribution in [1.29, 1.82) is 0 Å². The molecule has 0 saturated heterocycles. The fourth-order valence-corrected chi connectivity index (χ4v) is 7.86. The predicted molar refractivity (Wildman–Crippen MR) is 244 cm³/mol. The molecule has 1 fully saturated rings. The summed E-state index contributed by atoms with van der Waals surface area (Å²) in [6, 6.07) is 0. The van der Waals surface area contributed by atoms with Crippen LogP contribution in [0, 0.1) is 11.8 Å². The summed E-state index contributed by atoms with van der Waals surface area (Å²) >= 11 is 0. The van der Waals surface area contributed by atoms with Gasteiger partial charge < -0.3 is 39.9 Å². The van der Waals surface area contributed by atoms with Crippen molar-refractivity contribution >= 4 is 19.8 Å². The molecule has 0 aromatic carbocycles. The molecule has 8 atom stereocenters. The van der Waals surface area contributed by atoms with Crippen molar-refractivity contribution in [3.05, 3.63) is 60.8 Å². The second-order valence-electron chi connectivity index (χ2n) is 16.4. The Kier molecular flexibility index (Phi) is 35.2. The summed E-state index contributed by atoms with van der Waals surface area (Å²) in [7, 11) is -4.69. The number of aliphatic hydroxyl groups excluding tert-OH is 5. The van der Waals surface area contributed by atoms with Crippen LogP contribution in [-0.4, -0.2) is 99.3 Å². The highest BCUT2D eigenvalue weighted by molar-refractivity contribution is 7.47. The molecule has 0 heterocycles. The Hall–Kier alpha value is -2.45. The zero-order valence-electron chi connectivity index (χ0n) is 37.9. The maximum Gasteiger partial charge on any atom is 0.472 e. The monoisotopic (exact) mass is 899 g/mol. The van der Waals surface area contributed by atoms with Crippen molar-refractivity contribution in [2.24, 2.45) is 11.8 Å². The Labute approximate surface area is 373 Å². The molecule has 1 unspecified atom stereocenters. The van der Waals surface area contributed by atoms with Crippen molar-refractivity contribution < 1.29 is 63.1 Å². The Bertz CT molecular complexity index is 1330. The van der Waals surface area contributed by atoms with E-state index in [1.54, 1.807) is 6.08 Å². The molecule has 6 N–H and O–H groups in total. The van der Waals surface area contributed by atoms with Gasteiger partial charge in [0, 0.05) is 25.2 Å². The fraction of sp³-hybridized carbons (Fsp3) is 0.750. The number of ether oxygens (including phenoxy) is 2. The van der Waals surface area contributed by atoms with Crippen LogP contribution in [0.25, 0.3) is 0 Å². The lowest BCUT2D eigenvalue weighted by atomic mass is 9.88. The van der Waals surface area contributed by atoms with Gasteiger partial charge in [0.25, 0.3) is 0 Å². The van der Waals surface area contributed by atoms with Crippen molar-refractivity contribution in [2.45, 2.75) is 192 Å². The van der Waals surface area contributed by atoms with E-state index in [0.29, 0.717) is 32.1 Å². The van der Waals surface area contributed by atoms with Gasteiger partial charge in [-0.3, -0.25) is 18.6 Å². The van der Waals surface area contributed by atoms with Crippen LogP contribution < -0.4 is 0 Å². The summed E-state index contributed by atoms with van der Waals surface area (Å²) in [5.41, 5.74) is 0. The fourth-order valence-electron chi connectivity index (χ4n) is 7.07. The molecule has 1 aliphatic rings. The van der Waals surface area contributed by atoms with Crippen molar-refractivity contribution in [2.75, 3.05) is 26.4 Å². The number of aliphatic hydroxyl groups is 5. The van der Waals surface area contributed by atoms with E-state index >= 15 is 0 Å². The normalized spacial score (nSPS) is 20.8. The minimum absolute atomic E-state index is 0.101. The number of phosphoric acid groups is 1. The third-order valence-electron chi connectivity index (χ3n) is 10.7. The summed E-state index contributed by atoms with van der Waals surface area (Å²) < 4.78 is 32.8. The lowest BCUT2D eigenvalue weighted by molar-refractivity contribution is -0.161. The number of unbranched alkanes of at least 4 members (excludes halogenated alkanes) is 11. The molecule has 1 aliphatic carbocycles. The zero-order valence-corrected chi connectivity index (χ0v) is 38.8. The molecular formula is C48H83O13P. The molecule has 0 aliphatic heterocycles. The second-order valence-corrected chi connectivity index (χ2v) is 17.8. The third kappa shape index (κ3) is 31.4. The van der Waals surface area contributed by atoms with E-state index in [1.165, 1.54) is 19.3 Å². The van der Waals surface area contributed by atoms with Crippen molar-refractivity contribution in [3.63, 3.8) is 0 Å².